The van der Waals surface area contributed by atoms with Crippen molar-refractivity contribution in [2.75, 3.05) is 39.8 Å². The molecule has 3 atom stereocenters. The van der Waals surface area contributed by atoms with Gasteiger partial charge < -0.3 is 19.9 Å². The maximum absolute atomic E-state index is 12.5. The van der Waals surface area contributed by atoms with E-state index in [1.54, 1.807) is 0 Å². The van der Waals surface area contributed by atoms with Gasteiger partial charge in [0, 0.05) is 50.7 Å². The van der Waals surface area contributed by atoms with E-state index in [-0.39, 0.29) is 29.9 Å². The van der Waals surface area contributed by atoms with Crippen molar-refractivity contribution in [3.05, 3.63) is 0 Å². The summed E-state index contributed by atoms with van der Waals surface area (Å²) in [4.78, 5) is 21.0. The predicted molar refractivity (Wildman–Crippen MR) is 115 cm³/mol. The van der Waals surface area contributed by atoms with E-state index in [0.29, 0.717) is 30.0 Å². The minimum atomic E-state index is 0. The van der Waals surface area contributed by atoms with Gasteiger partial charge in [-0.25, -0.2) is 0 Å². The molecule has 1 amide bonds. The molecule has 1 heterocycles. The number of amides is 1. The summed E-state index contributed by atoms with van der Waals surface area (Å²) >= 11 is 0. The fraction of sp³-hybridized carbons (Fsp3) is 0.895. The molecule has 6 nitrogen and oxygen atoms in total. The lowest BCUT2D eigenvalue weighted by molar-refractivity contribution is -0.171. The quantitative estimate of drug-likeness (QED) is 0.362. The standard InChI is InChI=1S/C19H34N4O2.HI/c1-5-20-18(22(4)13-15(24)23(6-2)7-3)21-16-14-9-12-25-17(14)19(16)10-8-11-19;/h14,16-17H,5-13H2,1-4H3,(H,20,21);1H. The first-order valence-electron chi connectivity index (χ1n) is 9.98. The molecule has 0 bridgehead atoms. The third-order valence-electron chi connectivity index (χ3n) is 6.48. The lowest BCUT2D eigenvalue weighted by Crippen LogP contribution is -2.72. The number of hydrogen-bond acceptors (Lipinski definition) is 3. The van der Waals surface area contributed by atoms with Crippen LogP contribution in [0.1, 0.15) is 46.5 Å². The Kier molecular flexibility index (Phi) is 7.59. The molecule has 1 spiro atoms. The van der Waals surface area contributed by atoms with Crippen LogP contribution in [0.25, 0.3) is 0 Å². The molecule has 2 saturated carbocycles. The summed E-state index contributed by atoms with van der Waals surface area (Å²) in [5.41, 5.74) is 0.319. The average Bonchev–Trinajstić information content (AvgIpc) is 2.96. The molecule has 3 unspecified atom stereocenters. The Morgan fingerprint density at radius 1 is 1.27 bits per heavy atom. The van der Waals surface area contributed by atoms with Gasteiger partial charge in [0.25, 0.3) is 0 Å². The van der Waals surface area contributed by atoms with E-state index in [1.165, 1.54) is 19.3 Å². The van der Waals surface area contributed by atoms with Gasteiger partial charge in [0.2, 0.25) is 5.91 Å². The number of carbonyl (C=O) groups excluding carboxylic acids is 1. The van der Waals surface area contributed by atoms with Crippen molar-refractivity contribution >= 4 is 35.8 Å². The summed E-state index contributed by atoms with van der Waals surface area (Å²) < 4.78 is 6.01. The number of likely N-dealkylation sites (N-methyl/N-ethyl adjacent to an activating group) is 2. The van der Waals surface area contributed by atoms with Crippen LogP contribution < -0.4 is 5.32 Å². The fourth-order valence-corrected chi connectivity index (χ4v) is 4.98. The molecule has 1 aliphatic heterocycles. The van der Waals surface area contributed by atoms with Crippen molar-refractivity contribution in [2.24, 2.45) is 16.3 Å². The number of rotatable bonds is 6. The van der Waals surface area contributed by atoms with Crippen LogP contribution in [0.3, 0.4) is 0 Å². The molecule has 3 fully saturated rings. The zero-order valence-electron chi connectivity index (χ0n) is 16.7. The van der Waals surface area contributed by atoms with Crippen LogP contribution in [-0.2, 0) is 9.53 Å². The first kappa shape index (κ1) is 21.7. The first-order valence-corrected chi connectivity index (χ1v) is 9.98. The molecule has 0 radical (unpaired) electrons. The van der Waals surface area contributed by atoms with Gasteiger partial charge in [0.15, 0.2) is 5.96 Å². The molecular formula is C19H35IN4O2. The van der Waals surface area contributed by atoms with Crippen molar-refractivity contribution in [3.63, 3.8) is 0 Å². The van der Waals surface area contributed by atoms with Crippen LogP contribution >= 0.6 is 24.0 Å². The van der Waals surface area contributed by atoms with Crippen molar-refractivity contribution in [2.45, 2.75) is 58.6 Å². The van der Waals surface area contributed by atoms with Crippen molar-refractivity contribution in [3.8, 4) is 0 Å². The molecule has 2 aliphatic carbocycles. The molecule has 150 valence electrons. The molecule has 0 aromatic heterocycles. The highest BCUT2D eigenvalue weighted by molar-refractivity contribution is 14.0. The number of ether oxygens (including phenoxy) is 1. The highest BCUT2D eigenvalue weighted by atomic mass is 127. The zero-order valence-corrected chi connectivity index (χ0v) is 19.0. The molecular weight excluding hydrogens is 443 g/mol. The molecule has 1 N–H and O–H groups in total. The second-order valence-electron chi connectivity index (χ2n) is 7.67. The summed E-state index contributed by atoms with van der Waals surface area (Å²) in [6.45, 7) is 9.59. The zero-order chi connectivity index (χ0) is 18.0. The van der Waals surface area contributed by atoms with E-state index in [9.17, 15) is 4.79 Å². The van der Waals surface area contributed by atoms with Gasteiger partial charge in [-0.15, -0.1) is 24.0 Å². The Balaban J connectivity index is 0.00000243. The number of nitrogens with zero attached hydrogens (tertiary/aromatic N) is 3. The third-order valence-corrected chi connectivity index (χ3v) is 6.48. The highest BCUT2D eigenvalue weighted by Crippen LogP contribution is 2.62. The maximum Gasteiger partial charge on any atom is 0.242 e. The van der Waals surface area contributed by atoms with E-state index in [2.05, 4.69) is 10.3 Å². The summed E-state index contributed by atoms with van der Waals surface area (Å²) in [7, 11) is 1.97. The van der Waals surface area contributed by atoms with E-state index >= 15 is 0 Å². The Labute approximate surface area is 175 Å². The number of hydrogen-bond donors (Lipinski definition) is 1. The van der Waals surface area contributed by atoms with Crippen LogP contribution in [0.2, 0.25) is 0 Å². The number of guanidine groups is 1. The number of fused-ring (bicyclic) bond motifs is 2. The minimum Gasteiger partial charge on any atom is -0.377 e. The van der Waals surface area contributed by atoms with Crippen LogP contribution in [0.4, 0.5) is 0 Å². The van der Waals surface area contributed by atoms with Gasteiger partial charge in [-0.05, 0) is 40.0 Å². The topological polar surface area (TPSA) is 57.2 Å². The third kappa shape index (κ3) is 3.70. The first-order chi connectivity index (χ1) is 12.1. The van der Waals surface area contributed by atoms with Gasteiger partial charge in [-0.2, -0.15) is 0 Å². The number of carbonyl (C=O) groups is 1. The Hall–Kier alpha value is -0.570. The van der Waals surface area contributed by atoms with E-state index in [0.717, 1.165) is 38.6 Å². The largest absolute Gasteiger partial charge is 0.377 e. The normalized spacial score (nSPS) is 28.5. The van der Waals surface area contributed by atoms with Crippen LogP contribution in [0.5, 0.6) is 0 Å². The summed E-state index contributed by atoms with van der Waals surface area (Å²) in [5, 5.41) is 3.72. The fourth-order valence-electron chi connectivity index (χ4n) is 4.98. The van der Waals surface area contributed by atoms with Crippen molar-refractivity contribution in [1.29, 1.82) is 0 Å². The van der Waals surface area contributed by atoms with E-state index in [1.807, 2.05) is 37.6 Å². The lowest BCUT2D eigenvalue weighted by atomic mass is 9.46. The van der Waals surface area contributed by atoms with Gasteiger partial charge >= 0.3 is 0 Å². The maximum atomic E-state index is 12.5. The Morgan fingerprint density at radius 3 is 2.50 bits per heavy atom. The Morgan fingerprint density at radius 2 is 1.96 bits per heavy atom. The molecule has 3 aliphatic rings. The molecule has 1 saturated heterocycles. The number of nitrogens with one attached hydrogen (secondary N) is 1. The van der Waals surface area contributed by atoms with Gasteiger partial charge in [-0.3, -0.25) is 9.79 Å². The molecule has 0 aromatic carbocycles. The Bertz CT molecular complexity index is 520. The molecule has 7 heteroatoms. The van der Waals surface area contributed by atoms with E-state index < -0.39 is 0 Å². The summed E-state index contributed by atoms with van der Waals surface area (Å²) in [5.74, 6) is 1.63. The second kappa shape index (κ2) is 9.08. The second-order valence-corrected chi connectivity index (χ2v) is 7.67. The monoisotopic (exact) mass is 478 g/mol. The highest BCUT2D eigenvalue weighted by Gasteiger charge is 2.66. The van der Waals surface area contributed by atoms with E-state index in [4.69, 9.17) is 4.74 Å². The van der Waals surface area contributed by atoms with Gasteiger partial charge in [-0.1, -0.05) is 6.42 Å². The summed E-state index contributed by atoms with van der Waals surface area (Å²) in [6, 6.07) is 0.449. The average molecular weight is 478 g/mol. The molecule has 3 rings (SSSR count). The molecule has 0 aromatic rings. The van der Waals surface area contributed by atoms with Gasteiger partial charge in [0.05, 0.1) is 12.6 Å². The van der Waals surface area contributed by atoms with Crippen molar-refractivity contribution < 1.29 is 9.53 Å². The van der Waals surface area contributed by atoms with Crippen LogP contribution in [-0.4, -0.2) is 73.6 Å². The molecule has 26 heavy (non-hydrogen) atoms. The van der Waals surface area contributed by atoms with Crippen molar-refractivity contribution in [1.82, 2.24) is 15.1 Å². The SMILES string of the molecule is CCN=C(NC1C2CCOC2C12CCC2)N(C)CC(=O)N(CC)CC.I. The van der Waals surface area contributed by atoms with Gasteiger partial charge in [0.1, 0.15) is 0 Å². The van der Waals surface area contributed by atoms with Crippen LogP contribution in [0, 0.1) is 11.3 Å². The summed E-state index contributed by atoms with van der Waals surface area (Å²) in [6.07, 6.45) is 5.41. The number of aliphatic imine (C=N–C) groups is 1. The predicted octanol–water partition coefficient (Wildman–Crippen LogP) is 2.33. The lowest BCUT2D eigenvalue weighted by Gasteiger charge is -2.63. The smallest absolute Gasteiger partial charge is 0.242 e. The minimum absolute atomic E-state index is 0. The van der Waals surface area contributed by atoms with Crippen LogP contribution in [0.15, 0.2) is 4.99 Å². The number of halogens is 1.